The van der Waals surface area contributed by atoms with Gasteiger partial charge in [0.2, 0.25) is 5.91 Å². The predicted octanol–water partition coefficient (Wildman–Crippen LogP) is 4.95. The lowest BCUT2D eigenvalue weighted by atomic mass is 9.60. The zero-order chi connectivity index (χ0) is 22.9. The van der Waals surface area contributed by atoms with Crippen molar-refractivity contribution in [2.24, 2.45) is 17.8 Å². The number of carbonyl (C=O) groups is 1. The van der Waals surface area contributed by atoms with Crippen molar-refractivity contribution < 1.29 is 18.0 Å². The van der Waals surface area contributed by atoms with Crippen molar-refractivity contribution in [3.8, 4) is 0 Å². The number of nitrogens with one attached hydrogen (secondary N) is 3. The molecule has 1 saturated carbocycles. The molecule has 3 N–H and O–H groups in total. The van der Waals surface area contributed by atoms with Gasteiger partial charge in [-0.15, -0.1) is 0 Å². The van der Waals surface area contributed by atoms with Crippen molar-refractivity contribution >= 4 is 11.6 Å². The molecule has 1 amide bonds. The Labute approximate surface area is 187 Å². The highest BCUT2D eigenvalue weighted by Gasteiger charge is 2.47. The standard InChI is InChI=1S/C25H30F3N3O/c1-15-18(24(32)30-13-12-29-2)9-10-19-22(15)20-14-17(25(26,27)28)8-11-21(20)31-23(19)16-6-4-3-5-7-16/h3-8,11,14-15,18-19,22-23,29,31H,9-10,12-13H2,1-2H3,(H,30,32)/t15-,18-,19+,22-,23-/m0/s1. The van der Waals surface area contributed by atoms with E-state index in [2.05, 4.69) is 28.1 Å². The fraction of sp³-hybridized carbons (Fsp3) is 0.480. The maximum absolute atomic E-state index is 13.5. The minimum atomic E-state index is -4.40. The predicted molar refractivity (Wildman–Crippen MR) is 119 cm³/mol. The molecule has 0 bridgehead atoms. The Morgan fingerprint density at radius 2 is 1.84 bits per heavy atom. The monoisotopic (exact) mass is 445 g/mol. The molecule has 1 fully saturated rings. The van der Waals surface area contributed by atoms with Crippen LogP contribution in [0.15, 0.2) is 48.5 Å². The van der Waals surface area contributed by atoms with Gasteiger partial charge in [-0.3, -0.25) is 4.79 Å². The van der Waals surface area contributed by atoms with Crippen molar-refractivity contribution in [1.82, 2.24) is 10.6 Å². The smallest absolute Gasteiger partial charge is 0.378 e. The van der Waals surface area contributed by atoms with Crippen LogP contribution in [0, 0.1) is 17.8 Å². The number of fused-ring (bicyclic) bond motifs is 3. The first kappa shape index (κ1) is 22.6. The highest BCUT2D eigenvalue weighted by molar-refractivity contribution is 5.79. The van der Waals surface area contributed by atoms with Gasteiger partial charge in [-0.2, -0.15) is 13.2 Å². The minimum absolute atomic E-state index is 0.00110. The fourth-order valence-electron chi connectivity index (χ4n) is 5.57. The van der Waals surface area contributed by atoms with Crippen LogP contribution in [0.1, 0.15) is 48.4 Å². The molecule has 0 saturated heterocycles. The number of amides is 1. The molecule has 2 aromatic carbocycles. The van der Waals surface area contributed by atoms with Crippen LogP contribution >= 0.6 is 0 Å². The van der Waals surface area contributed by atoms with Gasteiger partial charge in [0.15, 0.2) is 0 Å². The summed E-state index contributed by atoms with van der Waals surface area (Å²) in [7, 11) is 1.83. The molecule has 7 heteroatoms. The Kier molecular flexibility index (Phi) is 6.47. The quantitative estimate of drug-likeness (QED) is 0.571. The highest BCUT2D eigenvalue weighted by Crippen LogP contribution is 2.55. The van der Waals surface area contributed by atoms with Gasteiger partial charge in [0.05, 0.1) is 11.6 Å². The first-order chi connectivity index (χ1) is 15.3. The molecule has 1 aliphatic carbocycles. The lowest BCUT2D eigenvalue weighted by Gasteiger charge is -2.49. The molecule has 1 heterocycles. The van der Waals surface area contributed by atoms with Gasteiger partial charge >= 0.3 is 6.18 Å². The number of carbonyl (C=O) groups excluding carboxylic acids is 1. The molecule has 2 aromatic rings. The Morgan fingerprint density at radius 3 is 2.53 bits per heavy atom. The van der Waals surface area contributed by atoms with E-state index in [4.69, 9.17) is 0 Å². The minimum Gasteiger partial charge on any atom is -0.378 e. The van der Waals surface area contributed by atoms with Crippen molar-refractivity contribution in [1.29, 1.82) is 0 Å². The Morgan fingerprint density at radius 1 is 1.09 bits per heavy atom. The van der Waals surface area contributed by atoms with Gasteiger partial charge in [0, 0.05) is 24.7 Å². The number of likely N-dealkylation sites (N-methyl/N-ethyl adjacent to an activating group) is 1. The molecule has 0 radical (unpaired) electrons. The molecular formula is C25H30F3N3O. The lowest BCUT2D eigenvalue weighted by molar-refractivity contribution is -0.137. The van der Waals surface area contributed by atoms with Crippen LogP contribution in [0.25, 0.3) is 0 Å². The third-order valence-corrected chi connectivity index (χ3v) is 7.12. The number of benzene rings is 2. The van der Waals surface area contributed by atoms with Crippen molar-refractivity contribution in [3.63, 3.8) is 0 Å². The van der Waals surface area contributed by atoms with Gasteiger partial charge < -0.3 is 16.0 Å². The fourth-order valence-corrected chi connectivity index (χ4v) is 5.57. The molecule has 4 nitrogen and oxygen atoms in total. The largest absolute Gasteiger partial charge is 0.416 e. The van der Waals surface area contributed by atoms with E-state index in [1.54, 1.807) is 6.07 Å². The Balaban J connectivity index is 1.72. The van der Waals surface area contributed by atoms with Crippen LogP contribution in [0.4, 0.5) is 18.9 Å². The molecular weight excluding hydrogens is 415 g/mol. The number of rotatable bonds is 5. The van der Waals surface area contributed by atoms with E-state index in [1.165, 1.54) is 6.07 Å². The van der Waals surface area contributed by atoms with Crippen LogP contribution in [-0.2, 0) is 11.0 Å². The van der Waals surface area contributed by atoms with Crippen LogP contribution in [0.2, 0.25) is 0 Å². The second kappa shape index (κ2) is 9.14. The summed E-state index contributed by atoms with van der Waals surface area (Å²) in [6, 6.07) is 14.0. The van der Waals surface area contributed by atoms with Gasteiger partial charge in [-0.1, -0.05) is 37.3 Å². The molecule has 2 aliphatic rings. The van der Waals surface area contributed by atoms with Gasteiger partial charge in [0.1, 0.15) is 0 Å². The van der Waals surface area contributed by atoms with Gasteiger partial charge in [-0.05, 0) is 67.0 Å². The molecule has 32 heavy (non-hydrogen) atoms. The Bertz CT molecular complexity index is 947. The highest BCUT2D eigenvalue weighted by atomic mass is 19.4. The summed E-state index contributed by atoms with van der Waals surface area (Å²) in [4.78, 5) is 12.9. The number of anilines is 1. The van der Waals surface area contributed by atoms with Crippen LogP contribution in [0.5, 0.6) is 0 Å². The molecule has 0 spiro atoms. The molecule has 172 valence electrons. The van der Waals surface area contributed by atoms with E-state index >= 15 is 0 Å². The summed E-state index contributed by atoms with van der Waals surface area (Å²) in [6.07, 6.45) is -2.89. The van der Waals surface area contributed by atoms with Crippen LogP contribution < -0.4 is 16.0 Å². The first-order valence-electron chi connectivity index (χ1n) is 11.3. The van der Waals surface area contributed by atoms with E-state index < -0.39 is 11.7 Å². The number of alkyl halides is 3. The van der Waals surface area contributed by atoms with Crippen molar-refractivity contribution in [2.75, 3.05) is 25.5 Å². The number of hydrogen-bond acceptors (Lipinski definition) is 3. The van der Waals surface area contributed by atoms with Crippen LogP contribution in [-0.4, -0.2) is 26.0 Å². The average Bonchev–Trinajstić information content (AvgIpc) is 2.78. The van der Waals surface area contributed by atoms with E-state index in [0.717, 1.165) is 30.2 Å². The summed E-state index contributed by atoms with van der Waals surface area (Å²) in [6.45, 7) is 3.24. The third kappa shape index (κ3) is 4.35. The second-order valence-electron chi connectivity index (χ2n) is 8.96. The summed E-state index contributed by atoms with van der Waals surface area (Å²) >= 11 is 0. The summed E-state index contributed by atoms with van der Waals surface area (Å²) in [5, 5.41) is 9.52. The van der Waals surface area contributed by atoms with Gasteiger partial charge in [-0.25, -0.2) is 0 Å². The number of halogens is 3. The molecule has 1 aliphatic heterocycles. The zero-order valence-electron chi connectivity index (χ0n) is 18.4. The SMILES string of the molecule is CNCCNC(=O)[C@H]1CC[C@@H]2[C@@H](c3cc(C(F)(F)F)ccc3N[C@H]2c2ccccc2)[C@H]1C. The van der Waals surface area contributed by atoms with E-state index in [-0.39, 0.29) is 35.6 Å². The average molecular weight is 446 g/mol. The lowest BCUT2D eigenvalue weighted by Crippen LogP contribution is -2.46. The van der Waals surface area contributed by atoms with E-state index in [0.29, 0.717) is 18.7 Å². The molecule has 0 aromatic heterocycles. The topological polar surface area (TPSA) is 53.2 Å². The maximum atomic E-state index is 13.5. The number of hydrogen-bond donors (Lipinski definition) is 3. The summed E-state index contributed by atoms with van der Waals surface area (Å²) in [5.41, 5.74) is 1.90. The van der Waals surface area contributed by atoms with Crippen molar-refractivity contribution in [2.45, 2.75) is 37.9 Å². The second-order valence-corrected chi connectivity index (χ2v) is 8.96. The first-order valence-corrected chi connectivity index (χ1v) is 11.3. The van der Waals surface area contributed by atoms with E-state index in [1.807, 2.05) is 32.2 Å². The summed E-state index contributed by atoms with van der Waals surface area (Å²) < 4.78 is 40.5. The normalized spacial score (nSPS) is 27.1. The molecule has 5 atom stereocenters. The van der Waals surface area contributed by atoms with E-state index in [9.17, 15) is 18.0 Å². The van der Waals surface area contributed by atoms with Crippen molar-refractivity contribution in [3.05, 3.63) is 65.2 Å². The molecule has 4 rings (SSSR count). The zero-order valence-corrected chi connectivity index (χ0v) is 18.4. The summed E-state index contributed by atoms with van der Waals surface area (Å²) in [5.74, 6) is -0.310. The van der Waals surface area contributed by atoms with Gasteiger partial charge in [0.25, 0.3) is 0 Å². The van der Waals surface area contributed by atoms with Crippen LogP contribution in [0.3, 0.4) is 0 Å². The third-order valence-electron chi connectivity index (χ3n) is 7.12. The Hall–Kier alpha value is -2.54. The maximum Gasteiger partial charge on any atom is 0.416 e. The molecule has 0 unspecified atom stereocenters.